The molecule has 1 aliphatic carbocycles. The summed E-state index contributed by atoms with van der Waals surface area (Å²) >= 11 is 0. The van der Waals surface area contributed by atoms with Crippen LogP contribution in [0.5, 0.6) is 0 Å². The Morgan fingerprint density at radius 1 is 0.574 bits per heavy atom. The van der Waals surface area contributed by atoms with Crippen molar-refractivity contribution in [2.24, 2.45) is 4.99 Å². The topological polar surface area (TPSA) is 25.5 Å². The van der Waals surface area contributed by atoms with Crippen LogP contribution in [0.15, 0.2) is 131 Å². The summed E-state index contributed by atoms with van der Waals surface area (Å²) < 4.78 is 7.00. The van der Waals surface area contributed by atoms with Gasteiger partial charge in [-0.05, 0) is 115 Å². The lowest BCUT2D eigenvalue weighted by Crippen LogP contribution is -2.33. The Kier molecular flexibility index (Phi) is 8.12. The highest BCUT2D eigenvalue weighted by molar-refractivity contribution is 6.20. The normalized spacial score (nSPS) is 17.3. The Labute approximate surface area is 321 Å². The fourth-order valence-corrected chi connectivity index (χ4v) is 9.38. The molecule has 54 heavy (non-hydrogen) atoms. The quantitative estimate of drug-likeness (QED) is 0.169. The molecule has 6 aromatic carbocycles. The van der Waals surface area contributed by atoms with Gasteiger partial charge in [-0.15, -0.1) is 0 Å². The summed E-state index contributed by atoms with van der Waals surface area (Å²) in [5.74, 6) is 0.612. The molecule has 0 spiro atoms. The van der Waals surface area contributed by atoms with Crippen molar-refractivity contribution in [2.45, 2.75) is 96.8 Å². The third-order valence-electron chi connectivity index (χ3n) is 12.6. The Hall–Kier alpha value is -5.21. The summed E-state index contributed by atoms with van der Waals surface area (Å²) in [6, 6.07) is 44.9. The minimum Gasteiger partial charge on any atom is -0.455 e. The molecular formula is C52H51NO. The van der Waals surface area contributed by atoms with Crippen molar-refractivity contribution in [3.63, 3.8) is 0 Å². The lowest BCUT2D eigenvalue weighted by atomic mass is 9.63. The average Bonchev–Trinajstić information content (AvgIpc) is 3.74. The first kappa shape index (κ1) is 34.6. The molecule has 1 aliphatic heterocycles. The van der Waals surface area contributed by atoms with Gasteiger partial charge in [0.25, 0.3) is 0 Å². The summed E-state index contributed by atoms with van der Waals surface area (Å²) in [4.78, 5) is 5.50. The maximum atomic E-state index is 7.00. The second-order valence-corrected chi connectivity index (χ2v) is 17.8. The van der Waals surface area contributed by atoms with Gasteiger partial charge < -0.3 is 4.42 Å². The number of hydrogen-bond donors (Lipinski definition) is 0. The van der Waals surface area contributed by atoms with E-state index in [4.69, 9.17) is 9.41 Å². The van der Waals surface area contributed by atoms with Crippen LogP contribution in [0.4, 0.5) is 5.69 Å². The Bertz CT molecular complexity index is 2570. The molecule has 270 valence electrons. The molecule has 2 nitrogen and oxygen atoms in total. The Morgan fingerprint density at radius 2 is 1.15 bits per heavy atom. The van der Waals surface area contributed by atoms with E-state index in [1.54, 1.807) is 0 Å². The van der Waals surface area contributed by atoms with E-state index in [2.05, 4.69) is 177 Å². The molecule has 0 fully saturated rings. The highest BCUT2D eigenvalue weighted by atomic mass is 16.3. The first-order chi connectivity index (χ1) is 25.9. The predicted molar refractivity (Wildman–Crippen MR) is 229 cm³/mol. The van der Waals surface area contributed by atoms with E-state index in [1.165, 1.54) is 79.2 Å². The molecule has 1 atom stereocenters. The first-order valence-electron chi connectivity index (χ1n) is 19.9. The molecule has 0 radical (unpaired) electrons. The fourth-order valence-electron chi connectivity index (χ4n) is 9.38. The lowest BCUT2D eigenvalue weighted by molar-refractivity contribution is 0.332. The summed E-state index contributed by atoms with van der Waals surface area (Å²) in [7, 11) is 0. The third-order valence-corrected chi connectivity index (χ3v) is 12.6. The van der Waals surface area contributed by atoms with Gasteiger partial charge in [-0.25, -0.2) is 0 Å². The molecule has 0 bridgehead atoms. The van der Waals surface area contributed by atoms with E-state index in [9.17, 15) is 0 Å². The Balaban J connectivity index is 1.23. The smallest absolute Gasteiger partial charge is 0.144 e. The minimum atomic E-state index is -0.0182. The monoisotopic (exact) mass is 705 g/mol. The zero-order valence-electron chi connectivity index (χ0n) is 33.0. The molecule has 0 amide bonds. The van der Waals surface area contributed by atoms with Gasteiger partial charge in [0.05, 0.1) is 17.3 Å². The zero-order valence-corrected chi connectivity index (χ0v) is 33.0. The third kappa shape index (κ3) is 5.56. The van der Waals surface area contributed by atoms with Crippen LogP contribution in [0.25, 0.3) is 44.2 Å². The SMILES string of the molecule is CC(C)c1cc(-c2ccc(-c3ccccc3)cc2)cc(C(C)C)c1C1C(c2cccc3c2oc2cc4c(cc23)C(C)(C)CCC4(C)C)=Nc2ccccc21. The van der Waals surface area contributed by atoms with Gasteiger partial charge in [-0.3, -0.25) is 4.99 Å². The van der Waals surface area contributed by atoms with E-state index in [-0.39, 0.29) is 16.7 Å². The van der Waals surface area contributed by atoms with Crippen LogP contribution in [-0.4, -0.2) is 5.71 Å². The number of aliphatic imine (C=N–C) groups is 1. The number of hydrogen-bond acceptors (Lipinski definition) is 2. The fraction of sp³-hybridized carbons (Fsp3) is 0.288. The maximum absolute atomic E-state index is 7.00. The molecule has 0 N–H and O–H groups in total. The number of fused-ring (bicyclic) bond motifs is 5. The molecule has 0 saturated heterocycles. The molecule has 2 aliphatic rings. The summed E-state index contributed by atoms with van der Waals surface area (Å²) in [5, 5.41) is 2.38. The van der Waals surface area contributed by atoms with Crippen molar-refractivity contribution in [1.29, 1.82) is 0 Å². The van der Waals surface area contributed by atoms with Crippen molar-refractivity contribution in [2.75, 3.05) is 0 Å². The highest BCUT2D eigenvalue weighted by Gasteiger charge is 2.39. The van der Waals surface area contributed by atoms with Crippen molar-refractivity contribution >= 4 is 33.3 Å². The second-order valence-electron chi connectivity index (χ2n) is 17.8. The molecule has 2 heterocycles. The van der Waals surface area contributed by atoms with E-state index < -0.39 is 0 Å². The number of benzene rings is 6. The van der Waals surface area contributed by atoms with Crippen LogP contribution in [0.1, 0.15) is 125 Å². The van der Waals surface area contributed by atoms with E-state index >= 15 is 0 Å². The van der Waals surface area contributed by atoms with Gasteiger partial charge in [0.15, 0.2) is 0 Å². The van der Waals surface area contributed by atoms with E-state index in [0.717, 1.165) is 28.1 Å². The Morgan fingerprint density at radius 3 is 1.80 bits per heavy atom. The summed E-state index contributed by atoms with van der Waals surface area (Å²) in [6.45, 7) is 18.9. The summed E-state index contributed by atoms with van der Waals surface area (Å²) in [5.41, 5.74) is 18.7. The van der Waals surface area contributed by atoms with Gasteiger partial charge in [0, 0.05) is 16.3 Å². The molecule has 0 saturated carbocycles. The largest absolute Gasteiger partial charge is 0.455 e. The molecule has 9 rings (SSSR count). The highest BCUT2D eigenvalue weighted by Crippen LogP contribution is 2.51. The predicted octanol–water partition coefficient (Wildman–Crippen LogP) is 14.8. The van der Waals surface area contributed by atoms with Crippen molar-refractivity contribution in [3.8, 4) is 22.3 Å². The molecule has 2 heteroatoms. The van der Waals surface area contributed by atoms with E-state index in [1.807, 2.05) is 0 Å². The van der Waals surface area contributed by atoms with Gasteiger partial charge in [0.1, 0.15) is 11.2 Å². The van der Waals surface area contributed by atoms with Crippen LogP contribution in [0, 0.1) is 0 Å². The van der Waals surface area contributed by atoms with Crippen molar-refractivity contribution in [1.82, 2.24) is 0 Å². The van der Waals surface area contributed by atoms with Crippen molar-refractivity contribution < 1.29 is 4.42 Å². The average molecular weight is 706 g/mol. The maximum Gasteiger partial charge on any atom is 0.144 e. The van der Waals surface area contributed by atoms with Crippen LogP contribution < -0.4 is 0 Å². The van der Waals surface area contributed by atoms with Gasteiger partial charge in [0.2, 0.25) is 0 Å². The molecule has 7 aromatic rings. The number of para-hydroxylation sites is 2. The van der Waals surface area contributed by atoms with Crippen LogP contribution >= 0.6 is 0 Å². The van der Waals surface area contributed by atoms with Gasteiger partial charge in [-0.1, -0.05) is 152 Å². The lowest BCUT2D eigenvalue weighted by Gasteiger charge is -2.41. The minimum absolute atomic E-state index is 0.0182. The second kappa shape index (κ2) is 12.7. The molecular weight excluding hydrogens is 655 g/mol. The van der Waals surface area contributed by atoms with Crippen molar-refractivity contribution in [3.05, 3.63) is 160 Å². The van der Waals surface area contributed by atoms with Crippen LogP contribution in [0.2, 0.25) is 0 Å². The van der Waals surface area contributed by atoms with Crippen LogP contribution in [0.3, 0.4) is 0 Å². The number of furan rings is 1. The number of nitrogens with zero attached hydrogens (tertiary/aromatic N) is 1. The van der Waals surface area contributed by atoms with Gasteiger partial charge >= 0.3 is 0 Å². The molecule has 1 unspecified atom stereocenters. The standard InChI is InChI=1S/C52H51NO/c1-31(2)40-27-36(35-23-21-34(22-24-35)33-15-10-9-11-16-33)28-41(32(3)4)47(40)48-38-17-12-13-20-45(38)53-49(48)39-19-14-18-37-42-29-43-44(30-46(42)54-50(37)39)52(7,8)26-25-51(43,5)6/h9-24,27-32,48H,25-26H2,1-8H3. The number of rotatable bonds is 6. The first-order valence-corrected chi connectivity index (χ1v) is 19.9. The molecule has 1 aromatic heterocycles. The van der Waals surface area contributed by atoms with E-state index in [0.29, 0.717) is 11.8 Å². The summed E-state index contributed by atoms with van der Waals surface area (Å²) in [6.07, 6.45) is 2.36. The van der Waals surface area contributed by atoms with Crippen LogP contribution in [-0.2, 0) is 10.8 Å². The van der Waals surface area contributed by atoms with Gasteiger partial charge in [-0.2, -0.15) is 0 Å². The zero-order chi connectivity index (χ0) is 37.5.